The molecular weight excluding hydrogens is 288 g/mol. The van der Waals surface area contributed by atoms with Crippen LogP contribution >= 0.6 is 23.2 Å². The Morgan fingerprint density at radius 3 is 2.53 bits per heavy atom. The van der Waals surface area contributed by atoms with Gasteiger partial charge in [-0.05, 0) is 51.4 Å². The second-order valence-corrected chi connectivity index (χ2v) is 5.55. The number of rotatable bonds is 7. The maximum Gasteiger partial charge on any atom is 0.142 e. The van der Waals surface area contributed by atoms with E-state index in [-0.39, 0.29) is 17.2 Å². The van der Waals surface area contributed by atoms with Crippen molar-refractivity contribution in [2.24, 2.45) is 0 Å². The summed E-state index contributed by atoms with van der Waals surface area (Å²) in [7, 11) is 0. The maximum absolute atomic E-state index is 13.4. The second-order valence-electron chi connectivity index (χ2n) is 4.74. The van der Waals surface area contributed by atoms with Crippen molar-refractivity contribution in [1.82, 2.24) is 5.32 Å². The van der Waals surface area contributed by atoms with Crippen LogP contribution < -0.4 is 5.32 Å². The number of hydrogen-bond acceptors (Lipinski definition) is 2. The van der Waals surface area contributed by atoms with Gasteiger partial charge in [0, 0.05) is 17.7 Å². The van der Waals surface area contributed by atoms with Crippen molar-refractivity contribution < 1.29 is 9.13 Å². The summed E-state index contributed by atoms with van der Waals surface area (Å²) in [5.41, 5.74) is 0.716. The van der Waals surface area contributed by atoms with Gasteiger partial charge in [-0.1, -0.05) is 23.2 Å². The normalized spacial score (nSPS) is 13.0. The zero-order valence-electron chi connectivity index (χ0n) is 11.5. The molecule has 0 aliphatic heterocycles. The minimum absolute atomic E-state index is 0.0293. The number of benzene rings is 1. The molecule has 1 unspecified atom stereocenters. The number of halogens is 3. The van der Waals surface area contributed by atoms with Gasteiger partial charge in [0.2, 0.25) is 0 Å². The molecule has 0 amide bonds. The number of nitrogens with one attached hydrogen (secondary N) is 1. The molecule has 0 aliphatic carbocycles. The summed E-state index contributed by atoms with van der Waals surface area (Å²) < 4.78 is 18.9. The number of ether oxygens (including phenoxy) is 1. The van der Waals surface area contributed by atoms with Crippen LogP contribution in [0.1, 0.15) is 38.8 Å². The molecule has 0 fully saturated rings. The van der Waals surface area contributed by atoms with Crippen LogP contribution in [0.15, 0.2) is 12.1 Å². The third-order valence-corrected chi connectivity index (χ3v) is 3.35. The molecule has 1 rings (SSSR count). The molecule has 19 heavy (non-hydrogen) atoms. The van der Waals surface area contributed by atoms with Crippen LogP contribution in [-0.4, -0.2) is 19.3 Å². The molecule has 2 nitrogen and oxygen atoms in total. The van der Waals surface area contributed by atoms with Crippen molar-refractivity contribution in [1.29, 1.82) is 0 Å². The van der Waals surface area contributed by atoms with Crippen LogP contribution in [0.3, 0.4) is 0 Å². The van der Waals surface area contributed by atoms with E-state index in [1.165, 1.54) is 12.1 Å². The van der Waals surface area contributed by atoms with Crippen LogP contribution in [0.5, 0.6) is 0 Å². The molecule has 5 heteroatoms. The fourth-order valence-corrected chi connectivity index (χ4v) is 2.24. The highest BCUT2D eigenvalue weighted by molar-refractivity contribution is 6.35. The van der Waals surface area contributed by atoms with E-state index >= 15 is 0 Å². The lowest BCUT2D eigenvalue weighted by atomic mass is 10.1. The van der Waals surface area contributed by atoms with Gasteiger partial charge in [-0.25, -0.2) is 4.39 Å². The molecule has 0 saturated heterocycles. The predicted molar refractivity (Wildman–Crippen MR) is 78.5 cm³/mol. The van der Waals surface area contributed by atoms with Crippen molar-refractivity contribution in [2.45, 2.75) is 39.3 Å². The lowest BCUT2D eigenvalue weighted by molar-refractivity contribution is 0.0768. The topological polar surface area (TPSA) is 21.3 Å². The summed E-state index contributed by atoms with van der Waals surface area (Å²) >= 11 is 11.7. The molecule has 0 radical (unpaired) electrons. The minimum atomic E-state index is -0.446. The zero-order valence-corrected chi connectivity index (χ0v) is 13.0. The largest absolute Gasteiger partial charge is 0.379 e. The molecule has 1 aromatic rings. The Morgan fingerprint density at radius 1 is 1.21 bits per heavy atom. The van der Waals surface area contributed by atoms with Crippen LogP contribution in [0.25, 0.3) is 0 Å². The van der Waals surface area contributed by atoms with Crippen molar-refractivity contribution in [3.8, 4) is 0 Å². The molecule has 1 N–H and O–H groups in total. The smallest absolute Gasteiger partial charge is 0.142 e. The zero-order chi connectivity index (χ0) is 14.4. The Hall–Kier alpha value is -0.350. The van der Waals surface area contributed by atoms with E-state index in [2.05, 4.69) is 5.32 Å². The lowest BCUT2D eigenvalue weighted by Gasteiger charge is -2.16. The average molecular weight is 308 g/mol. The van der Waals surface area contributed by atoms with Crippen LogP contribution in [-0.2, 0) is 4.74 Å². The molecule has 0 heterocycles. The van der Waals surface area contributed by atoms with Crippen molar-refractivity contribution >= 4 is 23.2 Å². The highest BCUT2D eigenvalue weighted by Gasteiger charge is 2.12. The van der Waals surface area contributed by atoms with Gasteiger partial charge in [-0.2, -0.15) is 0 Å². The quantitative estimate of drug-likeness (QED) is 0.587. The van der Waals surface area contributed by atoms with E-state index in [9.17, 15) is 4.39 Å². The molecule has 1 aromatic carbocycles. The predicted octanol–water partition coefficient (Wildman–Crippen LogP) is 4.60. The second kappa shape index (κ2) is 8.05. The van der Waals surface area contributed by atoms with Gasteiger partial charge >= 0.3 is 0 Å². The van der Waals surface area contributed by atoms with Crippen LogP contribution in [0, 0.1) is 5.82 Å². The van der Waals surface area contributed by atoms with Gasteiger partial charge in [0.25, 0.3) is 0 Å². The Morgan fingerprint density at radius 2 is 1.89 bits per heavy atom. The van der Waals surface area contributed by atoms with E-state index in [1.54, 1.807) is 0 Å². The Balaban J connectivity index is 2.45. The summed E-state index contributed by atoms with van der Waals surface area (Å²) in [6.45, 7) is 7.45. The van der Waals surface area contributed by atoms with Crippen LogP contribution in [0.4, 0.5) is 4.39 Å². The molecule has 108 valence electrons. The van der Waals surface area contributed by atoms with Gasteiger partial charge in [0.1, 0.15) is 5.82 Å². The fourth-order valence-electron chi connectivity index (χ4n) is 1.69. The molecule has 0 saturated carbocycles. The van der Waals surface area contributed by atoms with Gasteiger partial charge in [0.05, 0.1) is 11.1 Å². The average Bonchev–Trinajstić information content (AvgIpc) is 2.32. The van der Waals surface area contributed by atoms with E-state index in [0.29, 0.717) is 17.2 Å². The Bertz CT molecular complexity index is 413. The van der Waals surface area contributed by atoms with Crippen LogP contribution in [0.2, 0.25) is 10.0 Å². The third kappa shape index (κ3) is 5.65. The third-order valence-electron chi connectivity index (χ3n) is 2.73. The summed E-state index contributed by atoms with van der Waals surface area (Å²) in [6, 6.07) is 2.79. The number of hydrogen-bond donors (Lipinski definition) is 1. The van der Waals surface area contributed by atoms with E-state index in [0.717, 1.165) is 13.0 Å². The summed E-state index contributed by atoms with van der Waals surface area (Å²) in [6.07, 6.45) is 1.15. The van der Waals surface area contributed by atoms with Gasteiger partial charge in [-0.15, -0.1) is 0 Å². The molecule has 0 bridgehead atoms. The summed E-state index contributed by atoms with van der Waals surface area (Å²) in [5, 5.41) is 3.81. The highest BCUT2D eigenvalue weighted by Crippen LogP contribution is 2.28. The molecule has 0 spiro atoms. The molecular formula is C14H20Cl2FNO. The fraction of sp³-hybridized carbons (Fsp3) is 0.571. The van der Waals surface area contributed by atoms with Crippen molar-refractivity contribution in [3.05, 3.63) is 33.6 Å². The van der Waals surface area contributed by atoms with E-state index in [1.807, 2.05) is 20.8 Å². The molecule has 1 atom stereocenters. The van der Waals surface area contributed by atoms with Gasteiger partial charge < -0.3 is 10.1 Å². The van der Waals surface area contributed by atoms with E-state index in [4.69, 9.17) is 27.9 Å². The summed E-state index contributed by atoms with van der Waals surface area (Å²) in [5.74, 6) is -0.446. The lowest BCUT2D eigenvalue weighted by Crippen LogP contribution is -2.22. The first-order valence-electron chi connectivity index (χ1n) is 6.41. The van der Waals surface area contributed by atoms with Crippen molar-refractivity contribution in [3.63, 3.8) is 0 Å². The first kappa shape index (κ1) is 16.7. The van der Waals surface area contributed by atoms with Crippen molar-refractivity contribution in [2.75, 3.05) is 13.2 Å². The standard InChI is InChI=1S/C14H20Cl2FNO/c1-9(2)19-6-4-5-18-10(3)11-7-14(17)13(16)8-12(11)15/h7-10,18H,4-6H2,1-3H3. The molecule has 0 aliphatic rings. The first-order valence-corrected chi connectivity index (χ1v) is 7.16. The Kier molecular flexibility index (Phi) is 7.08. The molecule has 0 aromatic heterocycles. The summed E-state index contributed by atoms with van der Waals surface area (Å²) in [4.78, 5) is 0. The minimum Gasteiger partial charge on any atom is -0.379 e. The maximum atomic E-state index is 13.4. The van der Waals surface area contributed by atoms with E-state index < -0.39 is 5.82 Å². The SMILES string of the molecule is CC(C)OCCCNC(C)c1cc(F)c(Cl)cc1Cl. The highest BCUT2D eigenvalue weighted by atomic mass is 35.5. The van der Waals surface area contributed by atoms with Gasteiger partial charge in [-0.3, -0.25) is 0 Å². The Labute approximate surface area is 124 Å². The first-order chi connectivity index (χ1) is 8.91. The monoisotopic (exact) mass is 307 g/mol. The van der Waals surface area contributed by atoms with Gasteiger partial charge in [0.15, 0.2) is 0 Å².